The Morgan fingerprint density at radius 2 is 2.60 bits per heavy atom. The van der Waals surface area contributed by atoms with Gasteiger partial charge in [-0.25, -0.2) is 0 Å². The van der Waals surface area contributed by atoms with Crippen molar-refractivity contribution >= 4 is 5.97 Å². The maximum atomic E-state index is 11.0. The quantitative estimate of drug-likeness (QED) is 0.428. The fourth-order valence-electron chi connectivity index (χ4n) is 0.900. The van der Waals surface area contributed by atoms with Gasteiger partial charge in [0.15, 0.2) is 0 Å². The molecule has 0 amide bonds. The summed E-state index contributed by atoms with van der Waals surface area (Å²) in [4.78, 5) is 11.0. The molecule has 54 valence electrons. The molecule has 1 heterocycles. The molecule has 0 saturated carbocycles. The Hall–Kier alpha value is -1.05. The van der Waals surface area contributed by atoms with Gasteiger partial charge in [-0.05, 0) is 19.4 Å². The number of carbonyl (C=O) groups excluding carboxylic acids is 1. The molecule has 0 fully saturated rings. The molecular weight excluding hydrogens is 128 g/mol. The number of cyclic esters (lactones) is 1. The number of carbonyl (C=O) groups is 1. The lowest BCUT2D eigenvalue weighted by Gasteiger charge is -2.13. The third-order valence-corrected chi connectivity index (χ3v) is 1.65. The van der Waals surface area contributed by atoms with Crippen molar-refractivity contribution in [2.45, 2.75) is 13.3 Å². The van der Waals surface area contributed by atoms with E-state index in [2.05, 4.69) is 11.3 Å². The Bertz CT molecular complexity index is 193. The van der Waals surface area contributed by atoms with E-state index in [1.54, 1.807) is 12.2 Å². The predicted octanol–water partition coefficient (Wildman–Crippen LogP) is 1.64. The largest absolute Gasteiger partial charge is 0.434 e. The van der Waals surface area contributed by atoms with Crippen LogP contribution in [0.4, 0.5) is 0 Å². The highest BCUT2D eigenvalue weighted by Gasteiger charge is 2.34. The van der Waals surface area contributed by atoms with Gasteiger partial charge in [-0.2, -0.15) is 0 Å². The zero-order valence-electron chi connectivity index (χ0n) is 5.96. The number of esters is 1. The first-order valence-electron chi connectivity index (χ1n) is 3.19. The molecule has 10 heavy (non-hydrogen) atoms. The molecule has 1 aliphatic rings. The van der Waals surface area contributed by atoms with Gasteiger partial charge in [-0.3, -0.25) is 4.79 Å². The summed E-state index contributed by atoms with van der Waals surface area (Å²) in [6, 6.07) is 0. The summed E-state index contributed by atoms with van der Waals surface area (Å²) >= 11 is 0. The van der Waals surface area contributed by atoms with Crippen molar-refractivity contribution in [2.75, 3.05) is 0 Å². The third kappa shape index (κ3) is 0.967. The Labute approximate surface area is 60.2 Å². The molecule has 0 saturated heterocycles. The molecule has 0 unspecified atom stereocenters. The van der Waals surface area contributed by atoms with Crippen LogP contribution in [0, 0.1) is 5.41 Å². The lowest BCUT2D eigenvalue weighted by molar-refractivity contribution is -0.143. The normalized spacial score (nSPS) is 30.3. The van der Waals surface area contributed by atoms with E-state index in [0.29, 0.717) is 6.42 Å². The van der Waals surface area contributed by atoms with E-state index in [-0.39, 0.29) is 5.97 Å². The van der Waals surface area contributed by atoms with Crippen LogP contribution in [0.25, 0.3) is 0 Å². The molecular formula is C8H10O2. The minimum Gasteiger partial charge on any atom is -0.434 e. The molecule has 1 aliphatic heterocycles. The number of hydrogen-bond acceptors (Lipinski definition) is 2. The predicted molar refractivity (Wildman–Crippen MR) is 38.2 cm³/mol. The lowest BCUT2D eigenvalue weighted by atomic mass is 9.88. The van der Waals surface area contributed by atoms with E-state index >= 15 is 0 Å². The van der Waals surface area contributed by atoms with Crippen LogP contribution in [-0.2, 0) is 9.53 Å². The lowest BCUT2D eigenvalue weighted by Crippen LogP contribution is -2.20. The average molecular weight is 138 g/mol. The average Bonchev–Trinajstić information content (AvgIpc) is 2.15. The van der Waals surface area contributed by atoms with Gasteiger partial charge in [-0.1, -0.05) is 6.08 Å². The fraction of sp³-hybridized carbons (Fsp3) is 0.375. The Balaban J connectivity index is 2.74. The summed E-state index contributed by atoms with van der Waals surface area (Å²) in [5.74, 6) is -0.188. The molecule has 2 heteroatoms. The number of hydrogen-bond donors (Lipinski definition) is 0. The van der Waals surface area contributed by atoms with Crippen molar-refractivity contribution in [1.82, 2.24) is 0 Å². The molecule has 0 aromatic carbocycles. The molecule has 0 radical (unpaired) electrons. The van der Waals surface area contributed by atoms with Crippen LogP contribution < -0.4 is 0 Å². The van der Waals surface area contributed by atoms with Crippen molar-refractivity contribution in [3.05, 3.63) is 25.0 Å². The smallest absolute Gasteiger partial charge is 0.320 e. The summed E-state index contributed by atoms with van der Waals surface area (Å²) in [6.45, 7) is 5.40. The highest BCUT2D eigenvalue weighted by molar-refractivity contribution is 5.81. The van der Waals surface area contributed by atoms with Crippen molar-refractivity contribution in [3.63, 3.8) is 0 Å². The van der Waals surface area contributed by atoms with E-state index in [0.717, 1.165) is 0 Å². The molecule has 0 N–H and O–H groups in total. The van der Waals surface area contributed by atoms with Gasteiger partial charge in [0.2, 0.25) is 0 Å². The zero-order valence-corrected chi connectivity index (χ0v) is 5.96. The maximum Gasteiger partial charge on any atom is 0.320 e. The zero-order chi connectivity index (χ0) is 7.61. The summed E-state index contributed by atoms with van der Waals surface area (Å²) < 4.78 is 4.65. The van der Waals surface area contributed by atoms with E-state index in [1.807, 2.05) is 6.92 Å². The van der Waals surface area contributed by atoms with Gasteiger partial charge in [0, 0.05) is 0 Å². The van der Waals surface area contributed by atoms with Crippen LogP contribution >= 0.6 is 0 Å². The SMILES string of the molecule is C=CC[C@@]1(C)C=COC1=O. The molecule has 0 bridgehead atoms. The van der Waals surface area contributed by atoms with Crippen molar-refractivity contribution < 1.29 is 9.53 Å². The number of allylic oxidation sites excluding steroid dienone is 1. The van der Waals surface area contributed by atoms with Crippen LogP contribution in [0.5, 0.6) is 0 Å². The second kappa shape index (κ2) is 2.29. The van der Waals surface area contributed by atoms with E-state index < -0.39 is 5.41 Å². The molecule has 1 atom stereocenters. The van der Waals surface area contributed by atoms with Crippen LogP contribution in [-0.4, -0.2) is 5.97 Å². The van der Waals surface area contributed by atoms with Crippen molar-refractivity contribution in [3.8, 4) is 0 Å². The molecule has 0 aromatic heterocycles. The summed E-state index contributed by atoms with van der Waals surface area (Å²) in [5, 5.41) is 0. The van der Waals surface area contributed by atoms with Gasteiger partial charge < -0.3 is 4.74 Å². The Morgan fingerprint density at radius 3 is 3.00 bits per heavy atom. The topological polar surface area (TPSA) is 26.3 Å². The molecule has 2 nitrogen and oxygen atoms in total. The van der Waals surface area contributed by atoms with Crippen molar-refractivity contribution in [2.24, 2.45) is 5.41 Å². The maximum absolute atomic E-state index is 11.0. The van der Waals surface area contributed by atoms with Gasteiger partial charge in [0.1, 0.15) is 0 Å². The van der Waals surface area contributed by atoms with E-state index in [1.165, 1.54) is 6.26 Å². The van der Waals surface area contributed by atoms with Crippen LogP contribution in [0.1, 0.15) is 13.3 Å². The highest BCUT2D eigenvalue weighted by atomic mass is 16.5. The Kier molecular flexibility index (Phi) is 1.62. The van der Waals surface area contributed by atoms with Gasteiger partial charge >= 0.3 is 5.97 Å². The van der Waals surface area contributed by atoms with Gasteiger partial charge in [0.05, 0.1) is 11.7 Å². The standard InChI is InChI=1S/C8H10O2/c1-3-4-8(2)5-6-10-7(8)9/h3,5-6H,1,4H2,2H3/t8-/m0/s1. The summed E-state index contributed by atoms with van der Waals surface area (Å²) in [7, 11) is 0. The number of rotatable bonds is 2. The Morgan fingerprint density at radius 1 is 1.90 bits per heavy atom. The van der Waals surface area contributed by atoms with Crippen LogP contribution in [0.15, 0.2) is 25.0 Å². The van der Waals surface area contributed by atoms with Crippen molar-refractivity contribution in [1.29, 1.82) is 0 Å². The molecule has 0 spiro atoms. The molecule has 0 aromatic rings. The molecule has 0 aliphatic carbocycles. The van der Waals surface area contributed by atoms with Gasteiger partial charge in [0.25, 0.3) is 0 Å². The molecule has 1 rings (SSSR count). The monoisotopic (exact) mass is 138 g/mol. The second-order valence-corrected chi connectivity index (χ2v) is 2.62. The first-order valence-corrected chi connectivity index (χ1v) is 3.19. The van der Waals surface area contributed by atoms with Gasteiger partial charge in [-0.15, -0.1) is 6.58 Å². The first kappa shape index (κ1) is 7.06. The van der Waals surface area contributed by atoms with E-state index in [4.69, 9.17) is 0 Å². The number of ether oxygens (including phenoxy) is 1. The summed E-state index contributed by atoms with van der Waals surface area (Å²) in [6.07, 6.45) is 5.56. The minimum atomic E-state index is -0.457. The highest BCUT2D eigenvalue weighted by Crippen LogP contribution is 2.29. The van der Waals surface area contributed by atoms with Crippen LogP contribution in [0.2, 0.25) is 0 Å². The first-order chi connectivity index (χ1) is 4.69. The summed E-state index contributed by atoms with van der Waals surface area (Å²) in [5.41, 5.74) is -0.457. The third-order valence-electron chi connectivity index (χ3n) is 1.65. The van der Waals surface area contributed by atoms with Crippen LogP contribution in [0.3, 0.4) is 0 Å². The second-order valence-electron chi connectivity index (χ2n) is 2.62. The minimum absolute atomic E-state index is 0.188. The fourth-order valence-corrected chi connectivity index (χ4v) is 0.900. The van der Waals surface area contributed by atoms with E-state index in [9.17, 15) is 4.79 Å².